The molecular weight excluding hydrogens is 362 g/mol. The summed E-state index contributed by atoms with van der Waals surface area (Å²) in [5.41, 5.74) is -1.52. The Hall–Kier alpha value is -2.28. The maximum Gasteiger partial charge on any atom is 0.418 e. The Kier molecular flexibility index (Phi) is 5.89. The number of halogens is 5. The van der Waals surface area contributed by atoms with Crippen LogP contribution in [0.5, 0.6) is 5.75 Å². The second-order valence-corrected chi connectivity index (χ2v) is 5.56. The van der Waals surface area contributed by atoms with E-state index in [-0.39, 0.29) is 17.2 Å². The van der Waals surface area contributed by atoms with E-state index in [2.05, 4.69) is 5.32 Å². The Bertz CT molecular complexity index is 765. The molecule has 3 nitrogen and oxygen atoms in total. The van der Waals surface area contributed by atoms with Crippen LogP contribution < -0.4 is 10.1 Å². The summed E-state index contributed by atoms with van der Waals surface area (Å²) in [6, 6.07) is 8.45. The molecule has 2 rings (SSSR count). The van der Waals surface area contributed by atoms with E-state index in [1.54, 1.807) is 6.92 Å². The first-order valence-electron chi connectivity index (χ1n) is 7.31. The van der Waals surface area contributed by atoms with Gasteiger partial charge in [0.2, 0.25) is 0 Å². The zero-order chi connectivity index (χ0) is 18.6. The molecule has 0 bridgehead atoms. The lowest BCUT2D eigenvalue weighted by atomic mass is 10.1. The average Bonchev–Trinajstić information content (AvgIpc) is 2.54. The quantitative estimate of drug-likeness (QED) is 0.721. The lowest BCUT2D eigenvalue weighted by Crippen LogP contribution is -2.33. The molecule has 0 spiro atoms. The fourth-order valence-corrected chi connectivity index (χ4v) is 2.26. The Labute approximate surface area is 146 Å². The van der Waals surface area contributed by atoms with Gasteiger partial charge in [-0.1, -0.05) is 30.7 Å². The van der Waals surface area contributed by atoms with Crippen molar-refractivity contribution in [2.75, 3.05) is 5.32 Å². The SMILES string of the molecule is CC[C@@H](Oc1ccccc1F)C(=O)Nc1ccc(Cl)cc1C(F)(F)F. The number of carbonyl (C=O) groups is 1. The van der Waals surface area contributed by atoms with Crippen molar-refractivity contribution in [1.29, 1.82) is 0 Å². The van der Waals surface area contributed by atoms with Gasteiger partial charge in [-0.2, -0.15) is 13.2 Å². The van der Waals surface area contributed by atoms with Crippen molar-refractivity contribution in [3.05, 3.63) is 58.9 Å². The highest BCUT2D eigenvalue weighted by molar-refractivity contribution is 6.30. The molecule has 0 saturated carbocycles. The third kappa shape index (κ3) is 4.85. The summed E-state index contributed by atoms with van der Waals surface area (Å²) in [5, 5.41) is 2.06. The summed E-state index contributed by atoms with van der Waals surface area (Å²) in [5.74, 6) is -1.65. The summed E-state index contributed by atoms with van der Waals surface area (Å²) in [6.07, 6.45) is -5.72. The van der Waals surface area contributed by atoms with Crippen LogP contribution in [-0.4, -0.2) is 12.0 Å². The monoisotopic (exact) mass is 375 g/mol. The molecule has 0 heterocycles. The molecule has 0 aliphatic carbocycles. The smallest absolute Gasteiger partial charge is 0.418 e. The number of ether oxygens (including phenoxy) is 1. The van der Waals surface area contributed by atoms with Crippen molar-refractivity contribution < 1.29 is 27.1 Å². The largest absolute Gasteiger partial charge is 0.478 e. The van der Waals surface area contributed by atoms with Gasteiger partial charge in [0.15, 0.2) is 17.7 Å². The van der Waals surface area contributed by atoms with Crippen molar-refractivity contribution in [3.8, 4) is 5.75 Å². The van der Waals surface area contributed by atoms with Gasteiger partial charge in [0.25, 0.3) is 5.91 Å². The molecule has 0 radical (unpaired) electrons. The van der Waals surface area contributed by atoms with Gasteiger partial charge in [0, 0.05) is 5.02 Å². The van der Waals surface area contributed by atoms with Crippen LogP contribution >= 0.6 is 11.6 Å². The molecule has 0 unspecified atom stereocenters. The topological polar surface area (TPSA) is 38.3 Å². The maximum atomic E-state index is 13.6. The fraction of sp³-hybridized carbons (Fsp3) is 0.235. The molecule has 1 atom stereocenters. The van der Waals surface area contributed by atoms with Gasteiger partial charge in [-0.25, -0.2) is 4.39 Å². The highest BCUT2D eigenvalue weighted by Gasteiger charge is 2.35. The molecular formula is C17H14ClF4NO2. The van der Waals surface area contributed by atoms with Crippen LogP contribution in [0.4, 0.5) is 23.2 Å². The Morgan fingerprint density at radius 2 is 1.92 bits per heavy atom. The Morgan fingerprint density at radius 3 is 2.52 bits per heavy atom. The van der Waals surface area contributed by atoms with Crippen LogP contribution in [0.1, 0.15) is 18.9 Å². The van der Waals surface area contributed by atoms with E-state index in [1.807, 2.05) is 0 Å². The number of hydrogen-bond acceptors (Lipinski definition) is 2. The first-order chi connectivity index (χ1) is 11.7. The second-order valence-electron chi connectivity index (χ2n) is 5.12. The van der Waals surface area contributed by atoms with Gasteiger partial charge in [-0.3, -0.25) is 4.79 Å². The Morgan fingerprint density at radius 1 is 1.24 bits per heavy atom. The second kappa shape index (κ2) is 7.74. The van der Waals surface area contributed by atoms with Crippen molar-refractivity contribution >= 4 is 23.2 Å². The van der Waals surface area contributed by atoms with E-state index >= 15 is 0 Å². The van der Waals surface area contributed by atoms with Gasteiger partial charge in [0.1, 0.15) is 0 Å². The van der Waals surface area contributed by atoms with Crippen molar-refractivity contribution in [2.45, 2.75) is 25.6 Å². The molecule has 2 aromatic rings. The van der Waals surface area contributed by atoms with Gasteiger partial charge >= 0.3 is 6.18 Å². The van der Waals surface area contributed by atoms with E-state index in [0.717, 1.165) is 18.2 Å². The molecule has 2 aromatic carbocycles. The summed E-state index contributed by atoms with van der Waals surface area (Å²) in [7, 11) is 0. The number of rotatable bonds is 5. The number of nitrogens with one attached hydrogen (secondary N) is 1. The van der Waals surface area contributed by atoms with E-state index in [9.17, 15) is 22.4 Å². The molecule has 134 valence electrons. The molecule has 1 amide bonds. The standard InChI is InChI=1S/C17H14ClF4NO2/c1-2-14(25-15-6-4-3-5-12(15)19)16(24)23-13-8-7-10(18)9-11(13)17(20,21)22/h3-9,14H,2H2,1H3,(H,23,24)/t14-/m1/s1. The first-order valence-corrected chi connectivity index (χ1v) is 7.69. The molecule has 25 heavy (non-hydrogen) atoms. The van der Waals surface area contributed by atoms with Crippen LogP contribution in [0.3, 0.4) is 0 Å². The number of amides is 1. The van der Waals surface area contributed by atoms with Gasteiger partial charge in [-0.15, -0.1) is 0 Å². The van der Waals surface area contributed by atoms with Crippen molar-refractivity contribution in [2.24, 2.45) is 0 Å². The minimum Gasteiger partial charge on any atom is -0.478 e. The summed E-state index contributed by atoms with van der Waals surface area (Å²) >= 11 is 5.59. The van der Waals surface area contributed by atoms with Crippen LogP contribution in [0.15, 0.2) is 42.5 Å². The summed E-state index contributed by atoms with van der Waals surface area (Å²) in [6.45, 7) is 1.59. The number of alkyl halides is 3. The zero-order valence-electron chi connectivity index (χ0n) is 13.0. The molecule has 0 aliphatic heterocycles. The first kappa shape index (κ1) is 19.1. The Balaban J connectivity index is 2.22. The summed E-state index contributed by atoms with van der Waals surface area (Å²) < 4.78 is 58.1. The van der Waals surface area contributed by atoms with Crippen molar-refractivity contribution in [1.82, 2.24) is 0 Å². The zero-order valence-corrected chi connectivity index (χ0v) is 13.8. The van der Waals surface area contributed by atoms with Gasteiger partial charge in [-0.05, 0) is 36.8 Å². The lowest BCUT2D eigenvalue weighted by molar-refractivity contribution is -0.137. The third-order valence-corrected chi connectivity index (χ3v) is 3.55. The summed E-state index contributed by atoms with van der Waals surface area (Å²) in [4.78, 5) is 12.3. The minimum absolute atomic E-state index is 0.111. The number of para-hydroxylation sites is 1. The van der Waals surface area contributed by atoms with E-state index < -0.39 is 35.3 Å². The number of anilines is 1. The normalized spacial score (nSPS) is 12.6. The molecule has 0 aliphatic rings. The highest BCUT2D eigenvalue weighted by atomic mass is 35.5. The molecule has 8 heteroatoms. The number of benzene rings is 2. The van der Waals surface area contributed by atoms with E-state index in [0.29, 0.717) is 0 Å². The van der Waals surface area contributed by atoms with Crippen LogP contribution in [0, 0.1) is 5.82 Å². The predicted molar refractivity (Wildman–Crippen MR) is 86.2 cm³/mol. The lowest BCUT2D eigenvalue weighted by Gasteiger charge is -2.19. The number of carbonyl (C=O) groups excluding carboxylic acids is 1. The number of hydrogen-bond donors (Lipinski definition) is 1. The molecule has 0 aromatic heterocycles. The van der Waals surface area contributed by atoms with Crippen LogP contribution in [-0.2, 0) is 11.0 Å². The predicted octanol–water partition coefficient (Wildman–Crippen LogP) is 5.29. The molecule has 0 fully saturated rings. The van der Waals surface area contributed by atoms with Gasteiger partial charge < -0.3 is 10.1 Å². The fourth-order valence-electron chi connectivity index (χ4n) is 2.09. The minimum atomic E-state index is -4.69. The van der Waals surface area contributed by atoms with Crippen LogP contribution in [0.2, 0.25) is 5.02 Å². The van der Waals surface area contributed by atoms with Crippen molar-refractivity contribution in [3.63, 3.8) is 0 Å². The van der Waals surface area contributed by atoms with Gasteiger partial charge in [0.05, 0.1) is 11.3 Å². The van der Waals surface area contributed by atoms with E-state index in [4.69, 9.17) is 16.3 Å². The molecule has 1 N–H and O–H groups in total. The highest BCUT2D eigenvalue weighted by Crippen LogP contribution is 2.36. The average molecular weight is 376 g/mol. The van der Waals surface area contributed by atoms with Crippen LogP contribution in [0.25, 0.3) is 0 Å². The van der Waals surface area contributed by atoms with E-state index in [1.165, 1.54) is 24.3 Å². The molecule has 0 saturated heterocycles. The maximum absolute atomic E-state index is 13.6. The third-order valence-electron chi connectivity index (χ3n) is 3.31.